The highest BCUT2D eigenvalue weighted by Gasteiger charge is 2.13. The fourth-order valence-electron chi connectivity index (χ4n) is 3.07. The Morgan fingerprint density at radius 2 is 1.83 bits per heavy atom. The molecule has 1 fully saturated rings. The number of pyridine rings is 1. The van der Waals surface area contributed by atoms with Gasteiger partial charge in [-0.3, -0.25) is 9.78 Å². The molecule has 2 aromatic rings. The lowest BCUT2D eigenvalue weighted by Gasteiger charge is -2.18. The number of nitrogens with one attached hydrogen (secondary N) is 2. The number of carbonyl (C=O) groups is 1. The quantitative estimate of drug-likeness (QED) is 0.705. The van der Waals surface area contributed by atoms with E-state index in [0.717, 1.165) is 15.8 Å². The first-order valence-electron chi connectivity index (χ1n) is 8.50. The third-order valence-electron chi connectivity index (χ3n) is 4.30. The summed E-state index contributed by atoms with van der Waals surface area (Å²) in [6, 6.07) is 11.8. The van der Waals surface area contributed by atoms with Crippen molar-refractivity contribution in [2.45, 2.75) is 44.6 Å². The van der Waals surface area contributed by atoms with E-state index in [1.54, 1.807) is 6.20 Å². The highest BCUT2D eigenvalue weighted by atomic mass is 79.9. The van der Waals surface area contributed by atoms with E-state index in [1.165, 1.54) is 38.5 Å². The molecule has 1 amide bonds. The van der Waals surface area contributed by atoms with Gasteiger partial charge in [0.05, 0.1) is 0 Å². The summed E-state index contributed by atoms with van der Waals surface area (Å²) in [5, 5.41) is 6.44. The maximum atomic E-state index is 12.4. The Hall–Kier alpha value is -1.88. The van der Waals surface area contributed by atoms with Gasteiger partial charge in [0.1, 0.15) is 5.69 Å². The van der Waals surface area contributed by atoms with Crippen LogP contribution in [0, 0.1) is 0 Å². The summed E-state index contributed by atoms with van der Waals surface area (Å²) < 4.78 is 0.928. The molecule has 0 bridgehead atoms. The lowest BCUT2D eigenvalue weighted by molar-refractivity contribution is 0.102. The molecule has 4 nitrogen and oxygen atoms in total. The van der Waals surface area contributed by atoms with Crippen molar-refractivity contribution in [3.63, 3.8) is 0 Å². The van der Waals surface area contributed by atoms with Crippen LogP contribution in [0.1, 0.15) is 49.0 Å². The molecule has 1 aliphatic carbocycles. The molecule has 0 saturated heterocycles. The summed E-state index contributed by atoms with van der Waals surface area (Å²) in [5.41, 5.74) is 2.14. The van der Waals surface area contributed by atoms with Crippen molar-refractivity contribution >= 4 is 33.2 Å². The van der Waals surface area contributed by atoms with Crippen LogP contribution < -0.4 is 10.6 Å². The molecule has 1 heterocycles. The zero-order valence-electron chi connectivity index (χ0n) is 13.6. The minimum Gasteiger partial charge on any atom is -0.382 e. The summed E-state index contributed by atoms with van der Waals surface area (Å²) in [4.78, 5) is 16.6. The average Bonchev–Trinajstić information content (AvgIpc) is 2.84. The number of aromatic nitrogens is 1. The predicted octanol–water partition coefficient (Wildman–Crippen LogP) is 5.23. The lowest BCUT2D eigenvalue weighted by atomic mass is 10.1. The third-order valence-corrected chi connectivity index (χ3v) is 4.79. The van der Waals surface area contributed by atoms with E-state index in [2.05, 4.69) is 31.5 Å². The largest absolute Gasteiger partial charge is 0.382 e. The average molecular weight is 388 g/mol. The van der Waals surface area contributed by atoms with Crippen molar-refractivity contribution in [2.75, 3.05) is 10.6 Å². The normalized spacial score (nSPS) is 15.5. The number of hydrogen-bond acceptors (Lipinski definition) is 3. The van der Waals surface area contributed by atoms with Crippen molar-refractivity contribution in [2.24, 2.45) is 0 Å². The molecule has 126 valence electrons. The van der Waals surface area contributed by atoms with E-state index in [9.17, 15) is 4.79 Å². The molecule has 0 aliphatic heterocycles. The molecule has 1 saturated carbocycles. The minimum atomic E-state index is -0.197. The minimum absolute atomic E-state index is 0.197. The van der Waals surface area contributed by atoms with E-state index >= 15 is 0 Å². The Labute approximate surface area is 151 Å². The lowest BCUT2D eigenvalue weighted by Crippen LogP contribution is -2.19. The summed E-state index contributed by atoms with van der Waals surface area (Å²) in [6.45, 7) is 0. The van der Waals surface area contributed by atoms with Gasteiger partial charge in [0, 0.05) is 28.1 Å². The molecule has 0 atom stereocenters. The molecule has 0 radical (unpaired) electrons. The van der Waals surface area contributed by atoms with Gasteiger partial charge < -0.3 is 10.6 Å². The van der Waals surface area contributed by atoms with Crippen LogP contribution >= 0.6 is 15.9 Å². The Balaban J connectivity index is 1.66. The zero-order valence-corrected chi connectivity index (χ0v) is 15.2. The Morgan fingerprint density at radius 3 is 2.58 bits per heavy atom. The number of halogens is 1. The van der Waals surface area contributed by atoms with Crippen molar-refractivity contribution in [1.29, 1.82) is 0 Å². The standard InChI is InChI=1S/C19H22BrN3O/c20-14-6-5-9-16(12-14)23-19(24)18-13-17(10-11-21-18)22-15-7-3-1-2-4-8-15/h5-6,9-13,15H,1-4,7-8H2,(H,21,22)(H,23,24). The Morgan fingerprint density at radius 1 is 1.04 bits per heavy atom. The van der Waals surface area contributed by atoms with Crippen LogP contribution in [0.3, 0.4) is 0 Å². The molecule has 24 heavy (non-hydrogen) atoms. The number of nitrogens with zero attached hydrogens (tertiary/aromatic N) is 1. The molecule has 5 heteroatoms. The molecular weight excluding hydrogens is 366 g/mol. The first kappa shape index (κ1) is 17.0. The van der Waals surface area contributed by atoms with E-state index < -0.39 is 0 Å². The van der Waals surface area contributed by atoms with Crippen molar-refractivity contribution in [1.82, 2.24) is 4.98 Å². The molecule has 1 aliphatic rings. The van der Waals surface area contributed by atoms with Crippen LogP contribution in [0.15, 0.2) is 47.1 Å². The molecule has 1 aromatic heterocycles. The topological polar surface area (TPSA) is 54.0 Å². The maximum Gasteiger partial charge on any atom is 0.274 e. The van der Waals surface area contributed by atoms with Gasteiger partial charge in [-0.05, 0) is 43.2 Å². The highest BCUT2D eigenvalue weighted by molar-refractivity contribution is 9.10. The number of carbonyl (C=O) groups excluding carboxylic acids is 1. The summed E-state index contributed by atoms with van der Waals surface area (Å²) in [6.07, 6.45) is 9.29. The second-order valence-corrected chi connectivity index (χ2v) is 7.14. The van der Waals surface area contributed by atoms with Crippen LogP contribution in [-0.4, -0.2) is 16.9 Å². The SMILES string of the molecule is O=C(Nc1cccc(Br)c1)c1cc(NC2CCCCCC2)ccn1. The van der Waals surface area contributed by atoms with Gasteiger partial charge in [-0.25, -0.2) is 0 Å². The van der Waals surface area contributed by atoms with Gasteiger partial charge in [-0.1, -0.05) is 47.7 Å². The van der Waals surface area contributed by atoms with Gasteiger partial charge >= 0.3 is 0 Å². The zero-order chi connectivity index (χ0) is 16.8. The monoisotopic (exact) mass is 387 g/mol. The number of anilines is 2. The van der Waals surface area contributed by atoms with Crippen LogP contribution in [0.2, 0.25) is 0 Å². The van der Waals surface area contributed by atoms with Crippen LogP contribution in [-0.2, 0) is 0 Å². The van der Waals surface area contributed by atoms with E-state index in [4.69, 9.17) is 0 Å². The maximum absolute atomic E-state index is 12.4. The summed E-state index contributed by atoms with van der Waals surface area (Å²) in [5.74, 6) is -0.197. The number of amides is 1. The van der Waals surface area contributed by atoms with Crippen LogP contribution in [0.4, 0.5) is 11.4 Å². The number of benzene rings is 1. The van der Waals surface area contributed by atoms with Crippen molar-refractivity contribution in [3.8, 4) is 0 Å². The number of hydrogen-bond donors (Lipinski definition) is 2. The van der Waals surface area contributed by atoms with Gasteiger partial charge in [0.25, 0.3) is 5.91 Å². The fraction of sp³-hybridized carbons (Fsp3) is 0.368. The molecule has 1 aromatic carbocycles. The first-order chi connectivity index (χ1) is 11.7. The third kappa shape index (κ3) is 4.81. The first-order valence-corrected chi connectivity index (χ1v) is 9.29. The van der Waals surface area contributed by atoms with E-state index in [1.807, 2.05) is 36.4 Å². The van der Waals surface area contributed by atoms with E-state index in [0.29, 0.717) is 11.7 Å². The fourth-order valence-corrected chi connectivity index (χ4v) is 3.46. The number of rotatable bonds is 4. The smallest absolute Gasteiger partial charge is 0.274 e. The van der Waals surface area contributed by atoms with Gasteiger partial charge in [-0.2, -0.15) is 0 Å². The molecule has 0 unspecified atom stereocenters. The van der Waals surface area contributed by atoms with E-state index in [-0.39, 0.29) is 5.91 Å². The Kier molecular flexibility index (Phi) is 5.86. The van der Waals surface area contributed by atoms with Crippen LogP contribution in [0.25, 0.3) is 0 Å². The predicted molar refractivity (Wildman–Crippen MR) is 101 cm³/mol. The molecular formula is C19H22BrN3O. The van der Waals surface area contributed by atoms with Gasteiger partial charge in [-0.15, -0.1) is 0 Å². The van der Waals surface area contributed by atoms with Crippen LogP contribution in [0.5, 0.6) is 0 Å². The summed E-state index contributed by atoms with van der Waals surface area (Å²) >= 11 is 3.40. The highest BCUT2D eigenvalue weighted by Crippen LogP contribution is 2.22. The second kappa shape index (κ2) is 8.29. The van der Waals surface area contributed by atoms with Gasteiger partial charge in [0.2, 0.25) is 0 Å². The summed E-state index contributed by atoms with van der Waals surface area (Å²) in [7, 11) is 0. The second-order valence-electron chi connectivity index (χ2n) is 6.23. The molecule has 2 N–H and O–H groups in total. The van der Waals surface area contributed by atoms with Crippen molar-refractivity contribution in [3.05, 3.63) is 52.8 Å². The van der Waals surface area contributed by atoms with Gasteiger partial charge in [0.15, 0.2) is 0 Å². The molecule has 0 spiro atoms. The van der Waals surface area contributed by atoms with Crippen molar-refractivity contribution < 1.29 is 4.79 Å². The Bertz CT molecular complexity index is 697. The molecule has 3 rings (SSSR count).